The van der Waals surface area contributed by atoms with Gasteiger partial charge in [-0.15, -0.1) is 0 Å². The molecule has 0 unspecified atom stereocenters. The number of carbonyl (C=O) groups is 1. The average Bonchev–Trinajstić information content (AvgIpc) is 2.89. The van der Waals surface area contributed by atoms with Crippen LogP contribution in [0.25, 0.3) is 11.0 Å². The van der Waals surface area contributed by atoms with Gasteiger partial charge in [-0.3, -0.25) is 0 Å². The van der Waals surface area contributed by atoms with Gasteiger partial charge in [0.05, 0.1) is 28.8 Å². The van der Waals surface area contributed by atoms with Crippen molar-refractivity contribution in [2.75, 3.05) is 18.1 Å². The number of aromatic carboxylic acids is 1. The number of fused-ring (bicyclic) bond motifs is 1. The molecule has 0 aliphatic carbocycles. The van der Waals surface area contributed by atoms with Crippen LogP contribution in [0.5, 0.6) is 5.88 Å². The molecule has 0 spiro atoms. The molecule has 14 heteroatoms. The van der Waals surface area contributed by atoms with Crippen molar-refractivity contribution in [3.63, 3.8) is 0 Å². The lowest BCUT2D eigenvalue weighted by Crippen LogP contribution is -2.28. The Morgan fingerprint density at radius 1 is 0.950 bits per heavy atom. The van der Waals surface area contributed by atoms with E-state index >= 15 is 0 Å². The number of rotatable bonds is 9. The van der Waals surface area contributed by atoms with Crippen LogP contribution < -0.4 is 9.64 Å². The monoisotopic (exact) mass is 565 g/mol. The lowest BCUT2D eigenvalue weighted by atomic mass is 10.0. The Balaban J connectivity index is 1.56. The first kappa shape index (κ1) is 28.5. The van der Waals surface area contributed by atoms with Crippen molar-refractivity contribution in [3.05, 3.63) is 82.8 Å². The van der Waals surface area contributed by atoms with E-state index in [1.165, 1.54) is 17.3 Å². The largest absolute Gasteiger partial charge is 0.476 e. The van der Waals surface area contributed by atoms with Crippen LogP contribution in [-0.4, -0.2) is 44.2 Å². The van der Waals surface area contributed by atoms with Crippen molar-refractivity contribution in [2.24, 2.45) is 0 Å². The molecule has 2 aromatic heterocycles. The first-order valence-corrected chi connectivity index (χ1v) is 11.8. The zero-order valence-electron chi connectivity index (χ0n) is 20.8. The van der Waals surface area contributed by atoms with Gasteiger partial charge in [0.15, 0.2) is 0 Å². The van der Waals surface area contributed by atoms with Crippen molar-refractivity contribution < 1.29 is 41.0 Å². The van der Waals surface area contributed by atoms with E-state index in [9.17, 15) is 36.2 Å². The molecule has 4 rings (SSSR count). The smallest absolute Gasteiger partial charge is 0.416 e. The highest BCUT2D eigenvalue weighted by molar-refractivity contribution is 5.90. The van der Waals surface area contributed by atoms with Crippen molar-refractivity contribution in [3.8, 4) is 5.88 Å². The maximum Gasteiger partial charge on any atom is 0.416 e. The highest BCUT2D eigenvalue weighted by Gasteiger charge is 2.38. The summed E-state index contributed by atoms with van der Waals surface area (Å²) in [5, 5.41) is 9.50. The minimum Gasteiger partial charge on any atom is -0.476 e. The number of ether oxygens (including phenoxy) is 1. The standard InChI is InChI=1S/C26H21F6N5O3/c1-15-12-33-24(34-13-15)37(14-16-7-8-17(25(27,28)29)11-18(16)26(30,31)32)9-4-10-40-22-21(23(38)39)35-19-5-2-3-6-20(19)36-22/h2-3,5-8,11-13H,4,9-10,14H2,1H3,(H,38,39). The molecule has 0 fully saturated rings. The number of hydrogen-bond acceptors (Lipinski definition) is 7. The third kappa shape index (κ3) is 6.74. The number of aryl methyl sites for hydroxylation is 1. The molecule has 8 nitrogen and oxygen atoms in total. The fourth-order valence-corrected chi connectivity index (χ4v) is 3.81. The first-order chi connectivity index (χ1) is 18.8. The minimum absolute atomic E-state index is 0.0186. The SMILES string of the molecule is Cc1cnc(N(CCCOc2nc3ccccc3nc2C(=O)O)Cc2ccc(C(F)(F)F)cc2C(F)(F)F)nc1. The van der Waals surface area contributed by atoms with E-state index in [0.717, 1.165) is 6.07 Å². The van der Waals surface area contributed by atoms with Gasteiger partial charge >= 0.3 is 18.3 Å². The molecule has 0 atom stereocenters. The van der Waals surface area contributed by atoms with Gasteiger partial charge in [-0.2, -0.15) is 26.3 Å². The maximum atomic E-state index is 13.7. The molecular weight excluding hydrogens is 544 g/mol. The fourth-order valence-electron chi connectivity index (χ4n) is 3.81. The van der Waals surface area contributed by atoms with Gasteiger partial charge < -0.3 is 14.7 Å². The van der Waals surface area contributed by atoms with Crippen LogP contribution in [0.3, 0.4) is 0 Å². The van der Waals surface area contributed by atoms with E-state index in [4.69, 9.17) is 4.74 Å². The van der Waals surface area contributed by atoms with Gasteiger partial charge in [0, 0.05) is 25.5 Å². The fraction of sp³-hybridized carbons (Fsp3) is 0.269. The van der Waals surface area contributed by atoms with Gasteiger partial charge in [-0.05, 0) is 48.7 Å². The highest BCUT2D eigenvalue weighted by Crippen LogP contribution is 2.38. The Morgan fingerprint density at radius 2 is 1.60 bits per heavy atom. The molecule has 0 saturated heterocycles. The normalized spacial score (nSPS) is 12.0. The van der Waals surface area contributed by atoms with Crippen molar-refractivity contribution >= 4 is 23.0 Å². The number of hydrogen-bond donors (Lipinski definition) is 1. The van der Waals surface area contributed by atoms with E-state index in [2.05, 4.69) is 19.9 Å². The van der Waals surface area contributed by atoms with Crippen LogP contribution in [0.15, 0.2) is 54.9 Å². The molecule has 40 heavy (non-hydrogen) atoms. The van der Waals surface area contributed by atoms with Crippen molar-refractivity contribution in [1.82, 2.24) is 19.9 Å². The van der Waals surface area contributed by atoms with Crippen LogP contribution >= 0.6 is 0 Å². The number of anilines is 1. The molecule has 0 bridgehead atoms. The number of alkyl halides is 6. The summed E-state index contributed by atoms with van der Waals surface area (Å²) in [6.07, 6.45) is -6.94. The Bertz CT molecular complexity index is 1510. The molecule has 1 N–H and O–H groups in total. The summed E-state index contributed by atoms with van der Waals surface area (Å²) in [5.41, 5.74) is -2.20. The van der Waals surface area contributed by atoms with E-state index in [-0.39, 0.29) is 37.5 Å². The molecule has 0 amide bonds. The molecule has 4 aromatic rings. The van der Waals surface area contributed by atoms with Gasteiger partial charge in [-0.25, -0.2) is 24.7 Å². The maximum absolute atomic E-state index is 13.7. The molecule has 0 saturated carbocycles. The predicted octanol–water partition coefficient (Wildman–Crippen LogP) is 5.94. The van der Waals surface area contributed by atoms with Crippen molar-refractivity contribution in [2.45, 2.75) is 32.2 Å². The van der Waals surface area contributed by atoms with E-state index in [0.29, 0.717) is 22.7 Å². The molecule has 2 aromatic carbocycles. The van der Waals surface area contributed by atoms with Crippen LogP contribution in [0.2, 0.25) is 0 Å². The number of carboxylic acid groups (broad SMARTS) is 1. The Hall–Kier alpha value is -4.49. The number of halogens is 6. The van der Waals surface area contributed by atoms with Gasteiger partial charge in [0.2, 0.25) is 17.5 Å². The van der Waals surface area contributed by atoms with Crippen LogP contribution in [-0.2, 0) is 18.9 Å². The number of nitrogens with zero attached hydrogens (tertiary/aromatic N) is 5. The van der Waals surface area contributed by atoms with E-state index in [1.807, 2.05) is 0 Å². The predicted molar refractivity (Wildman–Crippen MR) is 131 cm³/mol. The third-order valence-corrected chi connectivity index (χ3v) is 5.71. The molecule has 0 aliphatic heterocycles. The van der Waals surface area contributed by atoms with Crippen LogP contribution in [0.4, 0.5) is 32.3 Å². The summed E-state index contributed by atoms with van der Waals surface area (Å²) in [4.78, 5) is 29.6. The van der Waals surface area contributed by atoms with Gasteiger partial charge in [-0.1, -0.05) is 18.2 Å². The Morgan fingerprint density at radius 3 is 2.20 bits per heavy atom. The lowest BCUT2D eigenvalue weighted by Gasteiger charge is -2.25. The molecular formula is C26H21F6N5O3. The van der Waals surface area contributed by atoms with E-state index < -0.39 is 47.3 Å². The third-order valence-electron chi connectivity index (χ3n) is 5.71. The topological polar surface area (TPSA) is 101 Å². The number of carboxylic acids is 1. The van der Waals surface area contributed by atoms with E-state index in [1.54, 1.807) is 31.2 Å². The number of benzene rings is 2. The number of para-hydroxylation sites is 2. The average molecular weight is 565 g/mol. The summed E-state index contributed by atoms with van der Waals surface area (Å²) >= 11 is 0. The van der Waals surface area contributed by atoms with Crippen LogP contribution in [0, 0.1) is 6.92 Å². The van der Waals surface area contributed by atoms with Gasteiger partial charge in [0.1, 0.15) is 0 Å². The Labute approximate surface area is 223 Å². The first-order valence-electron chi connectivity index (χ1n) is 11.8. The summed E-state index contributed by atoms with van der Waals surface area (Å²) in [7, 11) is 0. The minimum atomic E-state index is -5.04. The second-order valence-corrected chi connectivity index (χ2v) is 8.72. The summed E-state index contributed by atoms with van der Waals surface area (Å²) in [5.74, 6) is -1.54. The zero-order valence-corrected chi connectivity index (χ0v) is 20.8. The second kappa shape index (κ2) is 11.3. The summed E-state index contributed by atoms with van der Waals surface area (Å²) in [6, 6.07) is 8.04. The molecule has 210 valence electrons. The lowest BCUT2D eigenvalue weighted by molar-refractivity contribution is -0.143. The summed E-state index contributed by atoms with van der Waals surface area (Å²) in [6.45, 7) is 1.18. The Kier molecular flexibility index (Phi) is 8.07. The molecule has 0 aliphatic rings. The number of aromatic nitrogens is 4. The van der Waals surface area contributed by atoms with Gasteiger partial charge in [0.25, 0.3) is 0 Å². The highest BCUT2D eigenvalue weighted by atomic mass is 19.4. The summed E-state index contributed by atoms with van der Waals surface area (Å²) < 4.78 is 86.1. The molecule has 0 radical (unpaired) electrons. The second-order valence-electron chi connectivity index (χ2n) is 8.72. The molecule has 2 heterocycles. The zero-order chi connectivity index (χ0) is 29.1. The van der Waals surface area contributed by atoms with Crippen molar-refractivity contribution in [1.29, 1.82) is 0 Å². The van der Waals surface area contributed by atoms with Crippen LogP contribution in [0.1, 0.15) is 39.2 Å². The quantitative estimate of drug-likeness (QED) is 0.197.